The van der Waals surface area contributed by atoms with Crippen LogP contribution in [0.4, 0.5) is 0 Å². The molecule has 0 radical (unpaired) electrons. The van der Waals surface area contributed by atoms with E-state index in [-0.39, 0.29) is 0 Å². The Labute approximate surface area is 177 Å². The van der Waals surface area contributed by atoms with E-state index in [2.05, 4.69) is 104 Å². The van der Waals surface area contributed by atoms with E-state index in [1.807, 2.05) is 21.2 Å². The summed E-state index contributed by atoms with van der Waals surface area (Å²) in [5, 5.41) is 2.75. The molecule has 3 heteroatoms. The van der Waals surface area contributed by atoms with Gasteiger partial charge in [-0.3, -0.25) is 4.90 Å². The number of ether oxygens (including phenoxy) is 1. The van der Waals surface area contributed by atoms with E-state index in [1.54, 1.807) is 0 Å². The first-order valence-electron chi connectivity index (χ1n) is 10.3. The number of nitrogens with one attached hydrogen (secondary N) is 1. The number of likely N-dealkylation sites (N-methyl/N-ethyl adjacent to an activating group) is 1. The van der Waals surface area contributed by atoms with Crippen LogP contribution < -0.4 is 5.32 Å². The van der Waals surface area contributed by atoms with E-state index < -0.39 is 5.72 Å². The van der Waals surface area contributed by atoms with Crippen molar-refractivity contribution in [1.82, 2.24) is 10.2 Å². The molecule has 1 N–H and O–H groups in total. The molecule has 0 heterocycles. The molecule has 3 nitrogen and oxygen atoms in total. The fourth-order valence-electron chi connectivity index (χ4n) is 4.12. The van der Waals surface area contributed by atoms with E-state index in [0.29, 0.717) is 5.92 Å². The summed E-state index contributed by atoms with van der Waals surface area (Å²) in [6.07, 6.45) is 6.79. The zero-order valence-corrected chi connectivity index (χ0v) is 18.8. The van der Waals surface area contributed by atoms with Gasteiger partial charge in [-0.2, -0.15) is 0 Å². The highest BCUT2D eigenvalue weighted by Crippen LogP contribution is 2.42. The molecule has 2 unspecified atom stereocenters. The summed E-state index contributed by atoms with van der Waals surface area (Å²) >= 11 is 0. The Morgan fingerprint density at radius 3 is 2.03 bits per heavy atom. The molecule has 0 bridgehead atoms. The lowest BCUT2D eigenvalue weighted by molar-refractivity contribution is -0.0941. The number of allylic oxidation sites excluding steroid dienone is 2. The lowest BCUT2D eigenvalue weighted by Crippen LogP contribution is -2.45. The molecule has 156 valence electrons. The van der Waals surface area contributed by atoms with Gasteiger partial charge in [0.2, 0.25) is 0 Å². The predicted octanol–water partition coefficient (Wildman–Crippen LogP) is 5.32. The van der Waals surface area contributed by atoms with E-state index in [0.717, 1.165) is 12.8 Å². The van der Waals surface area contributed by atoms with Crippen LogP contribution in [-0.2, 0) is 10.5 Å². The van der Waals surface area contributed by atoms with Crippen LogP contribution in [0.25, 0.3) is 6.08 Å². The van der Waals surface area contributed by atoms with Crippen LogP contribution in [0.2, 0.25) is 0 Å². The van der Waals surface area contributed by atoms with Crippen LogP contribution >= 0.6 is 0 Å². The first-order valence-corrected chi connectivity index (χ1v) is 10.3. The van der Waals surface area contributed by atoms with Crippen molar-refractivity contribution in [3.05, 3.63) is 89.0 Å². The Morgan fingerprint density at radius 2 is 1.52 bits per heavy atom. The molecule has 29 heavy (non-hydrogen) atoms. The number of rotatable bonds is 5. The minimum atomic E-state index is -0.536. The summed E-state index contributed by atoms with van der Waals surface area (Å²) in [6, 6.07) is 21.1. The van der Waals surface area contributed by atoms with Gasteiger partial charge >= 0.3 is 0 Å². The first-order chi connectivity index (χ1) is 14.0. The Bertz CT molecular complexity index is 796. The molecule has 2 aromatic carbocycles. The van der Waals surface area contributed by atoms with E-state index >= 15 is 0 Å². The Kier molecular flexibility index (Phi) is 8.84. The molecular weight excluding hydrogens is 356 g/mol. The maximum atomic E-state index is 6.20. The standard InChI is InChI=1S/C24H29NO.C2H7N/c1-19-15-21(17-20-11-7-5-8-12-20)18-23(16-19)24(26-4,25(2)3)22-13-9-6-10-14-22;1-3-2/h5-14,17-19H,15-16H2,1-4H3;3H,1-2H3. The second-order valence-corrected chi connectivity index (χ2v) is 7.92. The van der Waals surface area contributed by atoms with E-state index in [1.165, 1.54) is 22.3 Å². The summed E-state index contributed by atoms with van der Waals surface area (Å²) in [7, 11) is 9.75. The highest BCUT2D eigenvalue weighted by atomic mass is 16.5. The molecule has 0 spiro atoms. The topological polar surface area (TPSA) is 24.5 Å². The zero-order valence-electron chi connectivity index (χ0n) is 18.8. The van der Waals surface area contributed by atoms with Gasteiger partial charge in [0.15, 0.2) is 5.72 Å². The van der Waals surface area contributed by atoms with Crippen LogP contribution in [-0.4, -0.2) is 40.2 Å². The fraction of sp³-hybridized carbons (Fsp3) is 0.385. The van der Waals surface area contributed by atoms with Crippen molar-refractivity contribution in [1.29, 1.82) is 0 Å². The number of hydrogen-bond acceptors (Lipinski definition) is 3. The van der Waals surface area contributed by atoms with Crippen LogP contribution in [0.15, 0.2) is 77.9 Å². The molecule has 1 aliphatic carbocycles. The predicted molar refractivity (Wildman–Crippen MR) is 125 cm³/mol. The van der Waals surface area contributed by atoms with Gasteiger partial charge in [-0.1, -0.05) is 79.7 Å². The van der Waals surface area contributed by atoms with Crippen molar-refractivity contribution in [3.8, 4) is 0 Å². The van der Waals surface area contributed by atoms with Crippen LogP contribution in [0.3, 0.4) is 0 Å². The summed E-state index contributed by atoms with van der Waals surface area (Å²) in [5.41, 5.74) is 4.57. The summed E-state index contributed by atoms with van der Waals surface area (Å²) in [6.45, 7) is 2.33. The van der Waals surface area contributed by atoms with Crippen LogP contribution in [0.5, 0.6) is 0 Å². The normalized spacial score (nSPS) is 19.9. The minimum Gasteiger partial charge on any atom is -0.355 e. The van der Waals surface area contributed by atoms with Gasteiger partial charge in [0.1, 0.15) is 0 Å². The smallest absolute Gasteiger partial charge is 0.169 e. The lowest BCUT2D eigenvalue weighted by atomic mass is 9.79. The van der Waals surface area contributed by atoms with Gasteiger partial charge in [-0.15, -0.1) is 0 Å². The van der Waals surface area contributed by atoms with Crippen molar-refractivity contribution >= 4 is 6.08 Å². The maximum Gasteiger partial charge on any atom is 0.169 e. The molecule has 0 aromatic heterocycles. The molecule has 3 rings (SSSR count). The van der Waals surface area contributed by atoms with E-state index in [4.69, 9.17) is 4.74 Å². The first kappa shape index (κ1) is 23.1. The van der Waals surface area contributed by atoms with Crippen molar-refractivity contribution < 1.29 is 4.74 Å². The molecule has 0 saturated carbocycles. The van der Waals surface area contributed by atoms with Gasteiger partial charge < -0.3 is 10.1 Å². The molecule has 2 aromatic rings. The zero-order chi connectivity index (χ0) is 21.3. The SMILES string of the molecule is CNC.COC(C1=CC(=Cc2ccccc2)CC(C)C1)(c1ccccc1)N(C)C. The quantitative estimate of drug-likeness (QED) is 0.697. The van der Waals surface area contributed by atoms with Gasteiger partial charge in [0.05, 0.1) is 0 Å². The molecule has 0 aliphatic heterocycles. The number of benzene rings is 2. The third-order valence-electron chi connectivity index (χ3n) is 5.19. The van der Waals surface area contributed by atoms with Crippen molar-refractivity contribution in [3.63, 3.8) is 0 Å². The summed E-state index contributed by atoms with van der Waals surface area (Å²) in [4.78, 5) is 2.19. The van der Waals surface area contributed by atoms with Crippen LogP contribution in [0.1, 0.15) is 30.9 Å². The van der Waals surface area contributed by atoms with Gasteiger partial charge in [-0.25, -0.2) is 0 Å². The second kappa shape index (κ2) is 11.1. The number of hydrogen-bond donors (Lipinski definition) is 1. The molecule has 0 fully saturated rings. The van der Waals surface area contributed by atoms with Gasteiger partial charge in [0.25, 0.3) is 0 Å². The van der Waals surface area contributed by atoms with Gasteiger partial charge in [-0.05, 0) is 63.7 Å². The Hall–Kier alpha value is -2.20. The monoisotopic (exact) mass is 392 g/mol. The third kappa shape index (κ3) is 5.66. The molecular formula is C26H36N2O. The highest BCUT2D eigenvalue weighted by Gasteiger charge is 2.40. The molecule has 0 amide bonds. The van der Waals surface area contributed by atoms with E-state index in [9.17, 15) is 0 Å². The fourth-order valence-corrected chi connectivity index (χ4v) is 4.12. The highest BCUT2D eigenvalue weighted by molar-refractivity contribution is 5.57. The lowest BCUT2D eigenvalue weighted by Gasteiger charge is -2.43. The Balaban J connectivity index is 0.000000941. The van der Waals surface area contributed by atoms with Crippen molar-refractivity contribution in [2.75, 3.05) is 35.3 Å². The third-order valence-corrected chi connectivity index (χ3v) is 5.19. The van der Waals surface area contributed by atoms with Gasteiger partial charge in [0, 0.05) is 12.7 Å². The minimum absolute atomic E-state index is 0.536. The number of nitrogens with zero attached hydrogens (tertiary/aromatic N) is 1. The summed E-state index contributed by atoms with van der Waals surface area (Å²) < 4.78 is 6.20. The summed E-state index contributed by atoms with van der Waals surface area (Å²) in [5.74, 6) is 0.586. The van der Waals surface area contributed by atoms with Crippen molar-refractivity contribution in [2.24, 2.45) is 5.92 Å². The molecule has 0 saturated heterocycles. The average Bonchev–Trinajstić information content (AvgIpc) is 2.70. The van der Waals surface area contributed by atoms with Crippen molar-refractivity contribution in [2.45, 2.75) is 25.5 Å². The maximum absolute atomic E-state index is 6.20. The Morgan fingerprint density at radius 1 is 0.966 bits per heavy atom. The average molecular weight is 393 g/mol. The number of methoxy groups -OCH3 is 1. The molecule has 2 atom stereocenters. The molecule has 1 aliphatic rings. The second-order valence-electron chi connectivity index (χ2n) is 7.92. The largest absolute Gasteiger partial charge is 0.355 e. The van der Waals surface area contributed by atoms with Crippen LogP contribution in [0, 0.1) is 5.92 Å².